The third-order valence-electron chi connectivity index (χ3n) is 19.8. The van der Waals surface area contributed by atoms with Gasteiger partial charge < -0.3 is 37.7 Å². The summed E-state index contributed by atoms with van der Waals surface area (Å²) in [6.45, 7) is 0. The molecular weight excluding hydrogens is 1770 g/mol. The Labute approximate surface area is 764 Å². The van der Waals surface area contributed by atoms with Crippen molar-refractivity contribution in [3.05, 3.63) is 496 Å². The molecule has 123 heavy (non-hydrogen) atoms. The molecule has 0 radical (unpaired) electrons. The Balaban J connectivity index is 0.000000191. The fourth-order valence-electron chi connectivity index (χ4n) is 13.6. The third kappa shape index (κ3) is 30.3. The zero-order valence-corrected chi connectivity index (χ0v) is 76.7. The van der Waals surface area contributed by atoms with Crippen LogP contribution in [0.4, 0.5) is 11.4 Å². The first-order valence-electron chi connectivity index (χ1n) is 39.5. The summed E-state index contributed by atoms with van der Waals surface area (Å²) in [4.78, 5) is 23.9. The van der Waals surface area contributed by atoms with Crippen molar-refractivity contribution < 1.29 is 75.0 Å². The first-order chi connectivity index (χ1) is 58.7. The summed E-state index contributed by atoms with van der Waals surface area (Å²) >= 11 is 0. The fraction of sp³-hybridized carbons (Fsp3) is 0.0467. The molecule has 0 saturated carbocycles. The summed E-state index contributed by atoms with van der Waals surface area (Å²) in [6, 6.07) is 161. The van der Waals surface area contributed by atoms with Crippen molar-refractivity contribution in [2.24, 2.45) is 0 Å². The predicted molar refractivity (Wildman–Crippen MR) is 525 cm³/mol. The molecule has 0 heterocycles. The van der Waals surface area contributed by atoms with Gasteiger partial charge in [0.25, 0.3) is 11.8 Å². The number of nitrogens with one attached hydrogen (secondary N) is 2. The van der Waals surface area contributed by atoms with Crippen molar-refractivity contribution in [1.29, 1.82) is 0 Å². The minimum Gasteiger partial charge on any atom is -1.00 e. The second-order valence-electron chi connectivity index (χ2n) is 27.6. The largest absolute Gasteiger partial charge is 1.00 e. The molecule has 0 aliphatic heterocycles. The number of rotatable bonds is 24. The molecule has 0 aromatic heterocycles. The van der Waals surface area contributed by atoms with Gasteiger partial charge in [-0.3, -0.25) is 21.4 Å². The Morgan fingerprint density at radius 2 is 0.382 bits per heavy atom. The van der Waals surface area contributed by atoms with Gasteiger partial charge in [0.15, 0.2) is 17.7 Å². The van der Waals surface area contributed by atoms with Gasteiger partial charge in [-0.2, -0.15) is 0 Å². The van der Waals surface area contributed by atoms with E-state index in [9.17, 15) is 9.59 Å². The number of hydrogen-bond donors (Lipinski definition) is 2. The van der Waals surface area contributed by atoms with E-state index in [1.54, 1.807) is 111 Å². The van der Waals surface area contributed by atoms with E-state index in [4.69, 9.17) is 22.3 Å². The average molecular weight is 1870 g/mol. The molecule has 16 aromatic rings. The molecule has 6 nitrogen and oxygen atoms in total. The molecule has 0 aliphatic carbocycles. The molecule has 0 spiro atoms. The number of carbonyl (C=O) groups excluding carboxylic acids is 2. The van der Waals surface area contributed by atoms with Crippen LogP contribution in [0, 0.1) is 24.7 Å². The van der Waals surface area contributed by atoms with Crippen LogP contribution in [0.1, 0.15) is 31.8 Å². The molecule has 0 fully saturated rings. The van der Waals surface area contributed by atoms with Crippen LogP contribution < -0.4 is 88.5 Å². The van der Waals surface area contributed by atoms with E-state index in [0.29, 0.717) is 45.1 Å². The SMILES string of the molecule is [C-]#Cc1ccc(NC(=O)c2ccc(OC)cc2)cc1.[C-]#Cc1ccc(NC(=O)c2ccc(OC)cc2)cc1.[Cu+].[Cu+].[Cu+].[F-].c1ccc([PH+](C[PH+](c2ccccc2)c2ccccc2)c2ccccc2)cc1.c1ccc([PH+](C[PH+](c2ccccc2)c2ccccc2)c2ccccc2)cc1.c1ccc([PH+](C[PH+](c2ccccc2)c2ccccc2)c2ccccc2)cc1. The van der Waals surface area contributed by atoms with Crippen LogP contribution in [0.2, 0.25) is 0 Å². The molecule has 2 N–H and O–H groups in total. The summed E-state index contributed by atoms with van der Waals surface area (Å²) in [5.41, 5.74) is 3.82. The minimum absolute atomic E-state index is 0. The van der Waals surface area contributed by atoms with Gasteiger partial charge in [-0.15, -0.1) is 35.4 Å². The molecule has 0 bridgehead atoms. The van der Waals surface area contributed by atoms with Crippen molar-refractivity contribution in [1.82, 2.24) is 0 Å². The quantitative estimate of drug-likeness (QED) is 0.0274. The summed E-state index contributed by atoms with van der Waals surface area (Å²) in [6.07, 6.45) is 14.0. The standard InChI is InChI=1S/3C25H22P2.2C16H12NO2.3Cu.FH/c3*1-5-13-22(14-6-1)26(23-15-7-2-8-16-23)21-27(24-17-9-3-10-18-24)25-19-11-4-12-20-25;2*1-3-12-4-8-14(9-5-12)17-16(18)13-6-10-15(19-2)11-7-13;;;;/h3*1-20H,21H2;2*4-11H,2H3,(H,17,18);;;;1H/q;;;2*-1;3*+1;/p+5. The summed E-state index contributed by atoms with van der Waals surface area (Å²) in [5.74, 6) is 9.34. The second-order valence-corrected chi connectivity index (χ2v) is 44.5. The normalized spacial score (nSPS) is 10.2. The van der Waals surface area contributed by atoms with Gasteiger partial charge >= 0.3 is 51.2 Å². The van der Waals surface area contributed by atoms with Crippen LogP contribution in [0.15, 0.2) is 461 Å². The molecule has 0 saturated heterocycles. The maximum absolute atomic E-state index is 12.0. The van der Waals surface area contributed by atoms with E-state index in [1.807, 2.05) is 0 Å². The molecule has 0 unspecified atom stereocenters. The number of benzene rings is 16. The Kier molecular flexibility index (Phi) is 42.9. The van der Waals surface area contributed by atoms with E-state index in [1.165, 1.54) is 81.4 Å². The van der Waals surface area contributed by atoms with Crippen molar-refractivity contribution >= 4 is 134 Å². The van der Waals surface area contributed by atoms with Crippen LogP contribution in [0.3, 0.4) is 0 Å². The van der Waals surface area contributed by atoms with Crippen molar-refractivity contribution in [2.45, 2.75) is 0 Å². The summed E-state index contributed by atoms with van der Waals surface area (Å²) < 4.78 is 10.1. The van der Waals surface area contributed by atoms with Gasteiger partial charge in [-0.1, -0.05) is 243 Å². The Bertz CT molecular complexity index is 4750. The number of methoxy groups -OCH3 is 2. The molecule has 2 amide bonds. The summed E-state index contributed by atoms with van der Waals surface area (Å²) in [5, 5.41) is 23.6. The van der Waals surface area contributed by atoms with Gasteiger partial charge in [0.1, 0.15) is 123 Å². The fourth-order valence-corrected chi connectivity index (χ4v) is 36.8. The number of hydrogen-bond acceptors (Lipinski definition) is 4. The average Bonchev–Trinajstić information content (AvgIpc) is 0.821. The van der Waals surface area contributed by atoms with E-state index in [0.717, 1.165) is 0 Å². The van der Waals surface area contributed by atoms with Crippen LogP contribution in [-0.2, 0) is 51.2 Å². The van der Waals surface area contributed by atoms with Crippen molar-refractivity contribution in [3.8, 4) is 23.3 Å². The van der Waals surface area contributed by atoms with Crippen LogP contribution >= 0.6 is 47.5 Å². The molecule has 16 aromatic carbocycles. The van der Waals surface area contributed by atoms with Gasteiger partial charge in [0, 0.05) is 22.5 Å². The van der Waals surface area contributed by atoms with E-state index in [-0.39, 0.29) is 67.7 Å². The number of carbonyl (C=O) groups is 2. The third-order valence-corrected chi connectivity index (χ3v) is 40.7. The maximum atomic E-state index is 12.0. The summed E-state index contributed by atoms with van der Waals surface area (Å²) in [7, 11) is -1.92. The predicted octanol–water partition coefficient (Wildman–Crippen LogP) is 16.8. The van der Waals surface area contributed by atoms with Gasteiger partial charge in [-0.25, -0.2) is 0 Å². The molecular formula is C107H96Cu3FN2O4P6+6. The van der Waals surface area contributed by atoms with E-state index >= 15 is 0 Å². The Morgan fingerprint density at radius 1 is 0.236 bits per heavy atom. The second kappa shape index (κ2) is 54.0. The molecule has 16 heteroatoms. The zero-order chi connectivity index (χ0) is 82.3. The number of halogens is 1. The van der Waals surface area contributed by atoms with Gasteiger partial charge in [-0.05, 0) is 194 Å². The minimum atomic E-state index is -0.847. The number of amides is 2. The van der Waals surface area contributed by atoms with Crippen LogP contribution in [0.5, 0.6) is 11.5 Å². The van der Waals surface area contributed by atoms with Crippen LogP contribution in [0.25, 0.3) is 0 Å². The zero-order valence-electron chi connectivity index (χ0n) is 67.9. The van der Waals surface area contributed by atoms with Crippen molar-refractivity contribution in [3.63, 3.8) is 0 Å². The van der Waals surface area contributed by atoms with E-state index < -0.39 is 47.5 Å². The van der Waals surface area contributed by atoms with Gasteiger partial charge in [0.05, 0.1) is 14.2 Å². The Hall–Kier alpha value is -10.8. The topological polar surface area (TPSA) is 76.7 Å². The maximum Gasteiger partial charge on any atom is 1.00 e. The van der Waals surface area contributed by atoms with Gasteiger partial charge in [0.2, 0.25) is 0 Å². The first kappa shape index (κ1) is 97.7. The molecule has 0 atom stereocenters. The van der Waals surface area contributed by atoms with E-state index in [2.05, 4.69) is 386 Å². The monoisotopic (exact) mass is 1870 g/mol. The smallest absolute Gasteiger partial charge is 1.00 e. The number of ether oxygens (including phenoxy) is 2. The van der Waals surface area contributed by atoms with Crippen LogP contribution in [-0.4, -0.2) is 43.7 Å². The molecule has 0 aliphatic rings. The molecule has 622 valence electrons. The van der Waals surface area contributed by atoms with Crippen molar-refractivity contribution in [2.75, 3.05) is 42.6 Å². The molecule has 16 rings (SSSR count). The Morgan fingerprint density at radius 3 is 0.512 bits per heavy atom. The first-order valence-corrected chi connectivity index (χ1v) is 49.7. The number of anilines is 2.